The molecular weight excluding hydrogens is 905 g/mol. The lowest BCUT2D eigenvalue weighted by Crippen LogP contribution is -2.52. The fourth-order valence-corrected chi connectivity index (χ4v) is 8.46. The lowest BCUT2D eigenvalue weighted by molar-refractivity contribution is -0.128. The van der Waals surface area contributed by atoms with Crippen LogP contribution >= 0.6 is 39.1 Å². The number of hydrogen-bond donors (Lipinski definition) is 3. The molecule has 0 aliphatic carbocycles. The minimum absolute atomic E-state index is 0.0685. The topological polar surface area (TPSA) is 224 Å². The van der Waals surface area contributed by atoms with Crippen LogP contribution in [0, 0.1) is 5.92 Å². The Morgan fingerprint density at radius 2 is 1.16 bits per heavy atom. The molecule has 0 radical (unpaired) electrons. The van der Waals surface area contributed by atoms with Gasteiger partial charge in [0, 0.05) is 91.9 Å². The molecule has 2 aliphatic rings. The number of amides is 3. The van der Waals surface area contributed by atoms with Crippen molar-refractivity contribution in [1.82, 2.24) is 55.3 Å². The van der Waals surface area contributed by atoms with Crippen LogP contribution in [0.5, 0.6) is 0 Å². The van der Waals surface area contributed by atoms with Gasteiger partial charge < -0.3 is 24.7 Å². The van der Waals surface area contributed by atoms with Crippen LogP contribution in [0.25, 0.3) is 33.3 Å². The number of hydrogen-bond acceptors (Lipinski definition) is 11. The number of piperidine rings is 1. The third-order valence-corrected chi connectivity index (χ3v) is 12.0. The van der Waals surface area contributed by atoms with Crippen molar-refractivity contribution in [3.8, 4) is 11.5 Å². The second-order valence-corrected chi connectivity index (χ2v) is 16.0. The Morgan fingerprint density at radius 1 is 0.645 bits per heavy atom. The molecule has 0 bridgehead atoms. The molecule has 62 heavy (non-hydrogen) atoms. The molecule has 2 saturated heterocycles. The molecule has 17 nitrogen and oxygen atoms in total. The molecule has 0 unspecified atom stereocenters. The fourth-order valence-electron chi connectivity index (χ4n) is 7.55. The van der Waals surface area contributed by atoms with E-state index in [9.17, 15) is 28.8 Å². The number of benzene rings is 2. The molecule has 2 fully saturated rings. The fraction of sp³-hybridized carbons (Fsp3) is 0.214. The Balaban J connectivity index is 0.000000172. The highest BCUT2D eigenvalue weighted by molar-refractivity contribution is 9.10. The maximum atomic E-state index is 13.1. The van der Waals surface area contributed by atoms with Crippen molar-refractivity contribution in [3.63, 3.8) is 0 Å². The minimum atomic E-state index is -0.679. The van der Waals surface area contributed by atoms with Crippen molar-refractivity contribution in [2.75, 3.05) is 39.3 Å². The molecule has 20 heteroatoms. The summed E-state index contributed by atoms with van der Waals surface area (Å²) in [4.78, 5) is 95.8. The number of carbonyl (C=O) groups excluding carboxylic acids is 6. The minimum Gasteiger partial charge on any atom is -0.359 e. The molecule has 5 aromatic heterocycles. The van der Waals surface area contributed by atoms with E-state index in [-0.39, 0.29) is 39.6 Å². The number of aromatic amines is 3. The lowest BCUT2D eigenvalue weighted by Gasteiger charge is -2.34. The zero-order valence-corrected chi connectivity index (χ0v) is 35.6. The van der Waals surface area contributed by atoms with Crippen LogP contribution in [0.15, 0.2) is 90.1 Å². The van der Waals surface area contributed by atoms with Crippen LogP contribution in [0.4, 0.5) is 0 Å². The molecule has 3 amide bonds. The smallest absolute Gasteiger partial charge is 0.295 e. The molecular formula is C42H34BrCl2N11O6. The summed E-state index contributed by atoms with van der Waals surface area (Å²) in [6.45, 7) is 2.00. The predicted molar refractivity (Wildman–Crippen MR) is 231 cm³/mol. The Kier molecular flexibility index (Phi) is 12.3. The molecule has 0 spiro atoms. The van der Waals surface area contributed by atoms with Gasteiger partial charge in [-0.25, -0.2) is 9.97 Å². The summed E-state index contributed by atoms with van der Waals surface area (Å²) in [5.41, 5.74) is 2.98. The SMILES string of the molecule is O=C(C(=O)N1CCC(C(=O)c2ccccc2)CC1)c1c[nH]c2c(-c3nn[nH]n3)ncc(Cl)c12.O=C(C(=O)N1CCN(C(=O)c2ccccc2)CC1)c1c[nH]c2c(Br)ncc(Cl)c12. The van der Waals surface area contributed by atoms with Crippen molar-refractivity contribution in [1.29, 1.82) is 0 Å². The highest BCUT2D eigenvalue weighted by Crippen LogP contribution is 2.33. The van der Waals surface area contributed by atoms with Crippen LogP contribution < -0.4 is 0 Å². The average molecular weight is 940 g/mol. The molecule has 7 aromatic rings. The second-order valence-electron chi connectivity index (χ2n) is 14.4. The van der Waals surface area contributed by atoms with Gasteiger partial charge in [-0.1, -0.05) is 71.7 Å². The highest BCUT2D eigenvalue weighted by atomic mass is 79.9. The van der Waals surface area contributed by atoms with Gasteiger partial charge in [0.25, 0.3) is 29.3 Å². The number of tetrazole rings is 1. The number of Topliss-reactive ketones (excluding diaryl/α,β-unsaturated/α-hetero) is 3. The number of halogens is 3. The van der Waals surface area contributed by atoms with E-state index in [2.05, 4.69) is 56.5 Å². The van der Waals surface area contributed by atoms with E-state index in [1.807, 2.05) is 36.4 Å². The van der Waals surface area contributed by atoms with Crippen LogP contribution in [0.3, 0.4) is 0 Å². The summed E-state index contributed by atoms with van der Waals surface area (Å²) in [6.07, 6.45) is 6.73. The number of pyridine rings is 2. The number of likely N-dealkylation sites (tertiary alicyclic amines) is 1. The predicted octanol–water partition coefficient (Wildman–Crippen LogP) is 5.85. The summed E-state index contributed by atoms with van der Waals surface area (Å²) in [5, 5.41) is 15.0. The molecule has 3 N–H and O–H groups in total. The van der Waals surface area contributed by atoms with Gasteiger partial charge in [0.1, 0.15) is 10.3 Å². The first kappa shape index (κ1) is 42.1. The summed E-state index contributed by atoms with van der Waals surface area (Å²) < 4.78 is 0.511. The van der Waals surface area contributed by atoms with E-state index in [0.717, 1.165) is 0 Å². The summed E-state index contributed by atoms with van der Waals surface area (Å²) in [5.74, 6) is -2.51. The van der Waals surface area contributed by atoms with Crippen molar-refractivity contribution in [3.05, 3.63) is 122 Å². The molecule has 0 atom stereocenters. The van der Waals surface area contributed by atoms with Crippen molar-refractivity contribution in [2.45, 2.75) is 12.8 Å². The number of H-pyrrole nitrogens is 3. The number of fused-ring (bicyclic) bond motifs is 2. The number of aromatic nitrogens is 8. The van der Waals surface area contributed by atoms with Gasteiger partial charge >= 0.3 is 0 Å². The zero-order chi connectivity index (χ0) is 43.5. The zero-order valence-electron chi connectivity index (χ0n) is 32.5. The van der Waals surface area contributed by atoms with Gasteiger partial charge in [0.15, 0.2) is 5.78 Å². The number of rotatable bonds is 8. The van der Waals surface area contributed by atoms with Gasteiger partial charge in [-0.05, 0) is 46.1 Å². The van der Waals surface area contributed by atoms with Crippen molar-refractivity contribution >= 4 is 96.0 Å². The summed E-state index contributed by atoms with van der Waals surface area (Å²) >= 11 is 15.8. The number of nitrogens with zero attached hydrogens (tertiary/aromatic N) is 8. The van der Waals surface area contributed by atoms with E-state index in [1.54, 1.807) is 29.2 Å². The first-order valence-corrected chi connectivity index (χ1v) is 20.9. The Hall–Kier alpha value is -6.63. The molecule has 314 valence electrons. The third-order valence-electron chi connectivity index (χ3n) is 10.8. The van der Waals surface area contributed by atoms with E-state index in [0.29, 0.717) is 100 Å². The normalized spacial score (nSPS) is 14.4. The first-order valence-electron chi connectivity index (χ1n) is 19.3. The number of carbonyl (C=O) groups is 6. The number of ketones is 3. The van der Waals surface area contributed by atoms with Gasteiger partial charge in [0.2, 0.25) is 5.82 Å². The molecule has 7 heterocycles. The Morgan fingerprint density at radius 3 is 1.74 bits per heavy atom. The molecule has 2 aromatic carbocycles. The largest absolute Gasteiger partial charge is 0.359 e. The van der Waals surface area contributed by atoms with Crippen LogP contribution in [-0.2, 0) is 9.59 Å². The Bertz CT molecular complexity index is 2840. The van der Waals surface area contributed by atoms with Crippen LogP contribution in [-0.4, -0.2) is 130 Å². The quantitative estimate of drug-likeness (QED) is 0.0932. The second kappa shape index (κ2) is 18.2. The maximum absolute atomic E-state index is 13.1. The van der Waals surface area contributed by atoms with E-state index < -0.39 is 23.4 Å². The van der Waals surface area contributed by atoms with Gasteiger partial charge in [-0.2, -0.15) is 5.21 Å². The van der Waals surface area contributed by atoms with Gasteiger partial charge in [-0.15, -0.1) is 10.2 Å². The monoisotopic (exact) mass is 937 g/mol. The van der Waals surface area contributed by atoms with E-state index in [4.69, 9.17) is 23.2 Å². The highest BCUT2D eigenvalue weighted by Gasteiger charge is 2.34. The first-order chi connectivity index (χ1) is 30.0. The molecule has 9 rings (SSSR count). The molecule has 2 aliphatic heterocycles. The summed E-state index contributed by atoms with van der Waals surface area (Å²) in [7, 11) is 0. The van der Waals surface area contributed by atoms with E-state index >= 15 is 0 Å². The lowest BCUT2D eigenvalue weighted by atomic mass is 9.88. The van der Waals surface area contributed by atoms with E-state index in [1.165, 1.54) is 34.6 Å². The third kappa shape index (κ3) is 8.35. The summed E-state index contributed by atoms with van der Waals surface area (Å²) in [6, 6.07) is 18.1. The van der Waals surface area contributed by atoms with Crippen LogP contribution in [0.1, 0.15) is 54.3 Å². The maximum Gasteiger partial charge on any atom is 0.295 e. The van der Waals surface area contributed by atoms with Crippen LogP contribution in [0.2, 0.25) is 10.0 Å². The number of piperazine rings is 1. The van der Waals surface area contributed by atoms with Gasteiger partial charge in [0.05, 0.1) is 32.2 Å². The van der Waals surface area contributed by atoms with Crippen molar-refractivity contribution in [2.24, 2.45) is 5.92 Å². The van der Waals surface area contributed by atoms with Gasteiger partial charge in [-0.3, -0.25) is 28.8 Å². The average Bonchev–Trinajstić information content (AvgIpc) is 4.12. The standard InChI is InChI=1S/C22H18ClN7O3.C20H16BrClN4O3/c23-15-11-25-18(21-26-28-29-27-21)17-16(15)14(10-24-17)20(32)22(33)30-8-6-13(7-9-30)19(31)12-4-2-1-3-5-12;21-18-16-15(14(22)11-24-18)13(10-23-16)17(27)20(29)26-8-6-25(7-9-26)19(28)12-4-2-1-3-5-12/h1-5,10-11,13,24H,6-9H2,(H,26,27,28,29);1-5,10-11,23H,6-9H2. The molecule has 0 saturated carbocycles. The Labute approximate surface area is 370 Å². The van der Waals surface area contributed by atoms with Crippen molar-refractivity contribution < 1.29 is 28.8 Å². The number of nitrogens with one attached hydrogen (secondary N) is 3.